The molecule has 1 aromatic rings. The van der Waals surface area contributed by atoms with E-state index in [4.69, 9.17) is 4.74 Å². The summed E-state index contributed by atoms with van der Waals surface area (Å²) in [6, 6.07) is 6.18. The Bertz CT molecular complexity index is 356. The molecule has 0 aliphatic carbocycles. The van der Waals surface area contributed by atoms with Crippen molar-refractivity contribution in [3.8, 4) is 0 Å². The number of aryl methyl sites for hydroxylation is 1. The molecule has 0 radical (unpaired) electrons. The van der Waals surface area contributed by atoms with Gasteiger partial charge in [-0.25, -0.2) is 0 Å². The number of benzene rings is 1. The largest absolute Gasteiger partial charge is 0.491 e. The predicted molar refractivity (Wildman–Crippen MR) is 68.8 cm³/mol. The maximum atomic E-state index is 5.61. The third-order valence-corrected chi connectivity index (χ3v) is 2.62. The molecule has 0 aliphatic heterocycles. The fourth-order valence-corrected chi connectivity index (χ4v) is 1.88. The average Bonchev–Trinajstić information content (AvgIpc) is 2.16. The maximum Gasteiger partial charge on any atom is 0.120 e. The van der Waals surface area contributed by atoms with Crippen LogP contribution in [0, 0.1) is 0 Å². The van der Waals surface area contributed by atoms with Gasteiger partial charge in [-0.1, -0.05) is 29.4 Å². The summed E-state index contributed by atoms with van der Waals surface area (Å²) in [4.78, 5) is 0. The third-order valence-electron chi connectivity index (χ3n) is 2.13. The van der Waals surface area contributed by atoms with Crippen molar-refractivity contribution < 1.29 is 4.74 Å². The summed E-state index contributed by atoms with van der Waals surface area (Å²) < 4.78 is 6.71. The monoisotopic (exact) mass is 268 g/mol. The molecule has 0 unspecified atom stereocenters. The standard InChI is InChI=1S/C13H17BrO/c1-5-11-8-12(14)6-7-13(11)10(4)15-9(2)3/h6-9H,4-5H2,1-3H3. The van der Waals surface area contributed by atoms with Crippen LogP contribution in [0.3, 0.4) is 0 Å². The molecule has 15 heavy (non-hydrogen) atoms. The Morgan fingerprint density at radius 1 is 1.47 bits per heavy atom. The van der Waals surface area contributed by atoms with Gasteiger partial charge in [0.05, 0.1) is 6.10 Å². The Labute approximate surface area is 100 Å². The lowest BCUT2D eigenvalue weighted by Crippen LogP contribution is -2.02. The zero-order chi connectivity index (χ0) is 11.4. The van der Waals surface area contributed by atoms with Gasteiger partial charge < -0.3 is 4.74 Å². The van der Waals surface area contributed by atoms with Gasteiger partial charge in [0.15, 0.2) is 0 Å². The summed E-state index contributed by atoms with van der Waals surface area (Å²) in [6.45, 7) is 10.1. The fraction of sp³-hybridized carbons (Fsp3) is 0.385. The third kappa shape index (κ3) is 3.38. The summed E-state index contributed by atoms with van der Waals surface area (Å²) in [5, 5.41) is 0. The van der Waals surface area contributed by atoms with E-state index in [-0.39, 0.29) is 6.10 Å². The van der Waals surface area contributed by atoms with E-state index in [0.29, 0.717) is 0 Å². The molecule has 0 heterocycles. The lowest BCUT2D eigenvalue weighted by molar-refractivity contribution is 0.204. The molecule has 0 bridgehead atoms. The number of halogens is 1. The van der Waals surface area contributed by atoms with Gasteiger partial charge >= 0.3 is 0 Å². The van der Waals surface area contributed by atoms with Crippen molar-refractivity contribution in [1.29, 1.82) is 0 Å². The summed E-state index contributed by atoms with van der Waals surface area (Å²) in [5.41, 5.74) is 2.37. The van der Waals surface area contributed by atoms with E-state index in [9.17, 15) is 0 Å². The summed E-state index contributed by atoms with van der Waals surface area (Å²) in [7, 11) is 0. The molecule has 0 aliphatic rings. The highest BCUT2D eigenvalue weighted by molar-refractivity contribution is 9.10. The van der Waals surface area contributed by atoms with Crippen LogP contribution in [0.1, 0.15) is 31.9 Å². The summed E-state index contributed by atoms with van der Waals surface area (Å²) in [6.07, 6.45) is 1.15. The Morgan fingerprint density at radius 3 is 2.67 bits per heavy atom. The Hall–Kier alpha value is -0.760. The quantitative estimate of drug-likeness (QED) is 0.736. The lowest BCUT2D eigenvalue weighted by atomic mass is 10.0. The molecule has 0 amide bonds. The molecule has 1 nitrogen and oxygen atoms in total. The van der Waals surface area contributed by atoms with Gasteiger partial charge in [0.25, 0.3) is 0 Å². The number of hydrogen-bond donors (Lipinski definition) is 0. The lowest BCUT2D eigenvalue weighted by Gasteiger charge is -2.15. The smallest absolute Gasteiger partial charge is 0.120 e. The van der Waals surface area contributed by atoms with Crippen molar-refractivity contribution >= 4 is 21.7 Å². The highest BCUT2D eigenvalue weighted by Gasteiger charge is 2.07. The second-order valence-electron chi connectivity index (χ2n) is 3.74. The molecule has 2 heteroatoms. The molecule has 0 saturated carbocycles. The van der Waals surface area contributed by atoms with Crippen molar-refractivity contribution in [3.05, 3.63) is 40.4 Å². The van der Waals surface area contributed by atoms with Crippen LogP contribution in [0.5, 0.6) is 0 Å². The normalized spacial score (nSPS) is 10.5. The van der Waals surface area contributed by atoms with Crippen LogP contribution < -0.4 is 0 Å². The van der Waals surface area contributed by atoms with E-state index in [1.54, 1.807) is 0 Å². The average molecular weight is 269 g/mol. The molecule has 82 valence electrons. The molecule has 0 fully saturated rings. The SMILES string of the molecule is C=C(OC(C)C)c1ccc(Br)cc1CC. The zero-order valence-corrected chi connectivity index (χ0v) is 11.1. The summed E-state index contributed by atoms with van der Waals surface area (Å²) >= 11 is 3.47. The van der Waals surface area contributed by atoms with E-state index in [2.05, 4.69) is 35.5 Å². The Kier molecular flexibility index (Phi) is 4.40. The minimum Gasteiger partial charge on any atom is -0.491 e. The highest BCUT2D eigenvalue weighted by atomic mass is 79.9. The van der Waals surface area contributed by atoms with Crippen molar-refractivity contribution in [3.63, 3.8) is 0 Å². The van der Waals surface area contributed by atoms with Crippen LogP contribution in [0.2, 0.25) is 0 Å². The van der Waals surface area contributed by atoms with Crippen LogP contribution in [0.4, 0.5) is 0 Å². The fourth-order valence-electron chi connectivity index (χ4n) is 1.47. The molecule has 0 aromatic heterocycles. The minimum atomic E-state index is 0.172. The zero-order valence-electron chi connectivity index (χ0n) is 9.51. The van der Waals surface area contributed by atoms with Gasteiger partial charge in [0.1, 0.15) is 5.76 Å². The van der Waals surface area contributed by atoms with Gasteiger partial charge in [-0.2, -0.15) is 0 Å². The molecule has 1 rings (SSSR count). The second kappa shape index (κ2) is 5.36. The van der Waals surface area contributed by atoms with Crippen molar-refractivity contribution in [2.75, 3.05) is 0 Å². The van der Waals surface area contributed by atoms with E-state index < -0.39 is 0 Å². The molecule has 0 N–H and O–H groups in total. The van der Waals surface area contributed by atoms with E-state index in [0.717, 1.165) is 22.2 Å². The Morgan fingerprint density at radius 2 is 2.13 bits per heavy atom. The minimum absolute atomic E-state index is 0.172. The van der Waals surface area contributed by atoms with Crippen molar-refractivity contribution in [2.24, 2.45) is 0 Å². The molecule has 1 aromatic carbocycles. The van der Waals surface area contributed by atoms with E-state index >= 15 is 0 Å². The van der Waals surface area contributed by atoms with Crippen LogP contribution in [0.15, 0.2) is 29.3 Å². The first-order valence-electron chi connectivity index (χ1n) is 5.19. The van der Waals surface area contributed by atoms with Gasteiger partial charge in [0.2, 0.25) is 0 Å². The molecule has 0 saturated heterocycles. The van der Waals surface area contributed by atoms with Crippen LogP contribution in [-0.2, 0) is 11.2 Å². The molecular formula is C13H17BrO. The van der Waals surface area contributed by atoms with Crippen molar-refractivity contribution in [1.82, 2.24) is 0 Å². The predicted octanol–water partition coefficient (Wildman–Crippen LogP) is 4.41. The van der Waals surface area contributed by atoms with E-state index in [1.807, 2.05) is 26.0 Å². The highest BCUT2D eigenvalue weighted by Crippen LogP contribution is 2.24. The molecule has 0 atom stereocenters. The number of rotatable bonds is 4. The molecular weight excluding hydrogens is 252 g/mol. The van der Waals surface area contributed by atoms with Crippen LogP contribution >= 0.6 is 15.9 Å². The molecule has 0 spiro atoms. The van der Waals surface area contributed by atoms with Gasteiger partial charge in [-0.3, -0.25) is 0 Å². The number of hydrogen-bond acceptors (Lipinski definition) is 1. The first-order valence-corrected chi connectivity index (χ1v) is 5.98. The maximum absolute atomic E-state index is 5.61. The van der Waals surface area contributed by atoms with E-state index in [1.165, 1.54) is 5.56 Å². The first kappa shape index (κ1) is 12.3. The topological polar surface area (TPSA) is 9.23 Å². The van der Waals surface area contributed by atoms with Crippen molar-refractivity contribution in [2.45, 2.75) is 33.3 Å². The Balaban J connectivity index is 2.97. The van der Waals surface area contributed by atoms with Crippen LogP contribution in [-0.4, -0.2) is 6.10 Å². The van der Waals surface area contributed by atoms with Gasteiger partial charge in [-0.05, 0) is 44.0 Å². The van der Waals surface area contributed by atoms with Gasteiger partial charge in [-0.15, -0.1) is 0 Å². The van der Waals surface area contributed by atoms with Gasteiger partial charge in [0, 0.05) is 10.0 Å². The van der Waals surface area contributed by atoms with Crippen LogP contribution in [0.25, 0.3) is 5.76 Å². The first-order chi connectivity index (χ1) is 7.04. The second-order valence-corrected chi connectivity index (χ2v) is 4.66. The number of ether oxygens (including phenoxy) is 1. The summed E-state index contributed by atoms with van der Waals surface area (Å²) in [5.74, 6) is 0.759.